The second-order valence-corrected chi connectivity index (χ2v) is 7.78. The summed E-state index contributed by atoms with van der Waals surface area (Å²) in [6, 6.07) is 7.91. The molecule has 0 spiro atoms. The molecule has 0 aromatic heterocycles. The molecule has 3 aliphatic rings. The van der Waals surface area contributed by atoms with E-state index in [-0.39, 0.29) is 18.2 Å². The van der Waals surface area contributed by atoms with Gasteiger partial charge in [-0.15, -0.1) is 0 Å². The predicted octanol–water partition coefficient (Wildman–Crippen LogP) is 1.07. The van der Waals surface area contributed by atoms with Crippen molar-refractivity contribution in [2.75, 3.05) is 40.3 Å². The van der Waals surface area contributed by atoms with Gasteiger partial charge in [0.2, 0.25) is 5.78 Å². The number of amides is 3. The summed E-state index contributed by atoms with van der Waals surface area (Å²) in [5, 5.41) is 0. The molecule has 3 aliphatic heterocycles. The van der Waals surface area contributed by atoms with Crippen LogP contribution in [0.3, 0.4) is 0 Å². The summed E-state index contributed by atoms with van der Waals surface area (Å²) in [7, 11) is 3.09. The largest absolute Gasteiger partial charge is 0.333 e. The Hall–Kier alpha value is -2.87. The van der Waals surface area contributed by atoms with Crippen LogP contribution in [0, 0.1) is 0 Å². The van der Waals surface area contributed by atoms with E-state index in [4.69, 9.17) is 0 Å². The molecule has 1 aromatic rings. The molecule has 2 fully saturated rings. The van der Waals surface area contributed by atoms with E-state index >= 15 is 0 Å². The van der Waals surface area contributed by atoms with Gasteiger partial charge in [0.15, 0.2) is 0 Å². The number of hydrogen-bond donors (Lipinski definition) is 0. The maximum absolute atomic E-state index is 12.9. The summed E-state index contributed by atoms with van der Waals surface area (Å²) in [4.78, 5) is 47.7. The van der Waals surface area contributed by atoms with E-state index in [0.717, 1.165) is 30.8 Å². The lowest BCUT2D eigenvalue weighted by molar-refractivity contribution is -0.523. The number of amidine groups is 2. The van der Waals surface area contributed by atoms with Gasteiger partial charge in [-0.2, -0.15) is 0 Å². The average Bonchev–Trinajstić information content (AvgIpc) is 3.10. The van der Waals surface area contributed by atoms with E-state index in [1.165, 1.54) is 18.4 Å². The van der Waals surface area contributed by atoms with E-state index in [0.29, 0.717) is 23.8 Å². The van der Waals surface area contributed by atoms with Crippen LogP contribution in [0.5, 0.6) is 0 Å². The van der Waals surface area contributed by atoms with Crippen LogP contribution in [0.4, 0.5) is 4.79 Å². The number of hydrogen-bond acceptors (Lipinski definition) is 5. The third-order valence-corrected chi connectivity index (χ3v) is 5.84. The SMILES string of the molecule is CN1C(=O)C2C(=NC(CN3CCCCC3)=[N+]2CC(=O)c2ccccc2)N(C)C1=O. The van der Waals surface area contributed by atoms with Gasteiger partial charge in [-0.1, -0.05) is 36.8 Å². The van der Waals surface area contributed by atoms with Gasteiger partial charge in [0.05, 0.1) is 0 Å². The van der Waals surface area contributed by atoms with Crippen molar-refractivity contribution >= 4 is 29.4 Å². The molecule has 0 bridgehead atoms. The van der Waals surface area contributed by atoms with E-state index < -0.39 is 12.1 Å². The first kappa shape index (κ1) is 19.4. The number of urea groups is 1. The van der Waals surface area contributed by atoms with Crippen LogP contribution in [0.1, 0.15) is 29.6 Å². The molecule has 1 unspecified atom stereocenters. The Morgan fingerprint density at radius 1 is 1.07 bits per heavy atom. The Labute approximate surface area is 170 Å². The number of carbonyl (C=O) groups is 3. The van der Waals surface area contributed by atoms with Crippen molar-refractivity contribution in [1.29, 1.82) is 0 Å². The lowest BCUT2D eigenvalue weighted by atomic mass is 10.1. The molecule has 1 aromatic carbocycles. The van der Waals surface area contributed by atoms with Crippen molar-refractivity contribution in [3.63, 3.8) is 0 Å². The van der Waals surface area contributed by atoms with Crippen molar-refractivity contribution < 1.29 is 19.0 Å². The Morgan fingerprint density at radius 2 is 1.76 bits per heavy atom. The number of carbonyl (C=O) groups excluding carboxylic acids is 3. The van der Waals surface area contributed by atoms with E-state index in [1.807, 2.05) is 18.2 Å². The average molecular weight is 396 g/mol. The van der Waals surface area contributed by atoms with Crippen LogP contribution in [0.25, 0.3) is 0 Å². The molecule has 8 nitrogen and oxygen atoms in total. The number of Topliss-reactive ketones (excluding diaryl/α,β-unsaturated/α-hetero) is 1. The molecule has 3 amide bonds. The fourth-order valence-electron chi connectivity index (χ4n) is 4.15. The summed E-state index contributed by atoms with van der Waals surface area (Å²) < 4.78 is 1.78. The quantitative estimate of drug-likeness (QED) is 0.551. The van der Waals surface area contributed by atoms with Crippen molar-refractivity contribution in [2.24, 2.45) is 4.99 Å². The molecule has 2 saturated heterocycles. The molecule has 4 rings (SSSR count). The summed E-state index contributed by atoms with van der Waals surface area (Å²) in [6.07, 6.45) is 3.49. The molecule has 0 aliphatic carbocycles. The predicted molar refractivity (Wildman–Crippen MR) is 108 cm³/mol. The lowest BCUT2D eigenvalue weighted by Gasteiger charge is -2.30. The molecule has 3 heterocycles. The number of rotatable bonds is 5. The number of piperidine rings is 1. The first-order valence-electron chi connectivity index (χ1n) is 10.0. The Kier molecular flexibility index (Phi) is 5.27. The lowest BCUT2D eigenvalue weighted by Crippen LogP contribution is -2.62. The molecule has 0 N–H and O–H groups in total. The molecule has 0 saturated carbocycles. The van der Waals surface area contributed by atoms with E-state index in [1.54, 1.807) is 23.8 Å². The Morgan fingerprint density at radius 3 is 2.45 bits per heavy atom. The van der Waals surface area contributed by atoms with Gasteiger partial charge < -0.3 is 0 Å². The molecule has 8 heteroatoms. The van der Waals surface area contributed by atoms with Gasteiger partial charge in [-0.3, -0.25) is 24.3 Å². The third kappa shape index (κ3) is 3.60. The maximum atomic E-state index is 12.9. The van der Waals surface area contributed by atoms with Crippen LogP contribution in [-0.2, 0) is 4.79 Å². The van der Waals surface area contributed by atoms with Gasteiger partial charge >= 0.3 is 11.9 Å². The molecule has 29 heavy (non-hydrogen) atoms. The van der Waals surface area contributed by atoms with Crippen LogP contribution >= 0.6 is 0 Å². The van der Waals surface area contributed by atoms with Crippen LogP contribution < -0.4 is 0 Å². The monoisotopic (exact) mass is 396 g/mol. The number of nitrogens with zero attached hydrogens (tertiary/aromatic N) is 5. The number of aliphatic imine (C=N–C) groups is 1. The van der Waals surface area contributed by atoms with E-state index in [2.05, 4.69) is 9.89 Å². The molecule has 0 radical (unpaired) electrons. The molecule has 1 atom stereocenters. The highest BCUT2D eigenvalue weighted by Crippen LogP contribution is 2.20. The summed E-state index contributed by atoms with van der Waals surface area (Å²) in [6.45, 7) is 2.57. The number of likely N-dealkylation sites (N-methyl/N-ethyl adjacent to an activating group) is 2. The highest BCUT2D eigenvalue weighted by molar-refractivity contribution is 6.23. The standard InChI is InChI=1S/C21H26N5O3/c1-23-19-18(20(28)24(2)21(23)29)26(13-16(27)15-9-5-3-6-10-15)17(22-19)14-25-11-7-4-8-12-25/h3,5-6,9-10,18H,4,7-8,11-14H2,1-2H3/q+1. The summed E-state index contributed by atoms with van der Waals surface area (Å²) >= 11 is 0. The van der Waals surface area contributed by atoms with Gasteiger partial charge in [0, 0.05) is 19.7 Å². The summed E-state index contributed by atoms with van der Waals surface area (Å²) in [5.74, 6) is 0.667. The minimum Gasteiger partial charge on any atom is -0.292 e. The van der Waals surface area contributed by atoms with Crippen LogP contribution in [0.15, 0.2) is 35.3 Å². The molecule has 152 valence electrons. The number of likely N-dealkylation sites (tertiary alicyclic amines) is 1. The Balaban J connectivity index is 1.68. The number of benzene rings is 1. The number of fused-ring (bicyclic) bond motifs is 1. The fourth-order valence-corrected chi connectivity index (χ4v) is 4.15. The van der Waals surface area contributed by atoms with Gasteiger partial charge in [0.1, 0.15) is 13.1 Å². The molecular formula is C21H26N5O3+. The van der Waals surface area contributed by atoms with Gasteiger partial charge in [0.25, 0.3) is 17.8 Å². The van der Waals surface area contributed by atoms with Crippen molar-refractivity contribution in [1.82, 2.24) is 14.7 Å². The minimum absolute atomic E-state index is 0.0481. The van der Waals surface area contributed by atoms with Crippen LogP contribution in [-0.4, -0.2) is 95.0 Å². The number of ketones is 1. The maximum Gasteiger partial charge on any atom is 0.333 e. The third-order valence-electron chi connectivity index (χ3n) is 5.84. The van der Waals surface area contributed by atoms with Crippen molar-refractivity contribution in [3.05, 3.63) is 35.9 Å². The first-order chi connectivity index (χ1) is 14.0. The second-order valence-electron chi connectivity index (χ2n) is 7.78. The van der Waals surface area contributed by atoms with Crippen molar-refractivity contribution in [2.45, 2.75) is 25.3 Å². The highest BCUT2D eigenvalue weighted by Gasteiger charge is 2.53. The van der Waals surface area contributed by atoms with E-state index in [9.17, 15) is 14.4 Å². The Bertz CT molecular complexity index is 902. The zero-order valence-electron chi connectivity index (χ0n) is 16.9. The zero-order valence-corrected chi connectivity index (χ0v) is 16.9. The minimum atomic E-state index is -0.741. The smallest absolute Gasteiger partial charge is 0.292 e. The fraction of sp³-hybridized carbons (Fsp3) is 0.476. The van der Waals surface area contributed by atoms with Crippen LogP contribution in [0.2, 0.25) is 0 Å². The normalized spacial score (nSPS) is 22.8. The van der Waals surface area contributed by atoms with Gasteiger partial charge in [-0.25, -0.2) is 9.37 Å². The van der Waals surface area contributed by atoms with Gasteiger partial charge in [-0.05, 0) is 30.9 Å². The number of imide groups is 1. The second kappa shape index (κ2) is 7.87. The first-order valence-corrected chi connectivity index (χ1v) is 10.0. The molecular weight excluding hydrogens is 370 g/mol. The highest BCUT2D eigenvalue weighted by atomic mass is 16.2. The van der Waals surface area contributed by atoms with Crippen molar-refractivity contribution in [3.8, 4) is 0 Å². The topological polar surface area (TPSA) is 76.3 Å². The zero-order chi connectivity index (χ0) is 20.5. The summed E-state index contributed by atoms with van der Waals surface area (Å²) in [5.41, 5.74) is 0.597.